The van der Waals surface area contributed by atoms with Gasteiger partial charge in [0.2, 0.25) is 0 Å². The molecule has 1 unspecified atom stereocenters. The second-order valence-corrected chi connectivity index (χ2v) is 2.86. The van der Waals surface area contributed by atoms with Crippen LogP contribution in [0, 0.1) is 11.8 Å². The highest BCUT2D eigenvalue weighted by molar-refractivity contribution is 6.07. The third-order valence-corrected chi connectivity index (χ3v) is 1.96. The molecule has 0 aromatic heterocycles. The average Bonchev–Trinajstić information content (AvgIpc) is 2.32. The molecular weight excluding hydrogens is 236 g/mol. The van der Waals surface area contributed by atoms with Gasteiger partial charge in [0.05, 0.1) is 21.3 Å². The molecule has 0 saturated carbocycles. The van der Waals surface area contributed by atoms with E-state index in [0.29, 0.717) is 0 Å². The van der Waals surface area contributed by atoms with Gasteiger partial charge in [-0.2, -0.15) is 0 Å². The molecular formula is C9H12O8. The molecule has 0 bridgehead atoms. The van der Waals surface area contributed by atoms with Gasteiger partial charge in [-0.15, -0.1) is 0 Å². The van der Waals surface area contributed by atoms with Gasteiger partial charge in [0.15, 0.2) is 11.8 Å². The summed E-state index contributed by atoms with van der Waals surface area (Å²) >= 11 is 0. The van der Waals surface area contributed by atoms with E-state index in [9.17, 15) is 19.2 Å². The second kappa shape index (κ2) is 6.46. The quantitative estimate of drug-likeness (QED) is 0.367. The third-order valence-electron chi connectivity index (χ3n) is 1.96. The Labute approximate surface area is 96.4 Å². The number of methoxy groups -OCH3 is 3. The Balaban J connectivity index is 5.36. The van der Waals surface area contributed by atoms with Crippen molar-refractivity contribution >= 4 is 23.9 Å². The van der Waals surface area contributed by atoms with E-state index >= 15 is 0 Å². The first-order chi connectivity index (χ1) is 7.90. The lowest BCUT2D eigenvalue weighted by Crippen LogP contribution is -2.42. The Bertz CT molecular complexity index is 318. The molecule has 0 aliphatic carbocycles. The van der Waals surface area contributed by atoms with Crippen LogP contribution in [0.3, 0.4) is 0 Å². The Morgan fingerprint density at radius 2 is 1.06 bits per heavy atom. The van der Waals surface area contributed by atoms with Crippen LogP contribution in [0.1, 0.15) is 0 Å². The van der Waals surface area contributed by atoms with Gasteiger partial charge in [0, 0.05) is 0 Å². The molecule has 1 N–H and O–H groups in total. The highest BCUT2D eigenvalue weighted by Gasteiger charge is 2.46. The zero-order chi connectivity index (χ0) is 13.6. The van der Waals surface area contributed by atoms with Crippen LogP contribution in [0.25, 0.3) is 0 Å². The van der Waals surface area contributed by atoms with E-state index in [1.54, 1.807) is 0 Å². The van der Waals surface area contributed by atoms with E-state index in [4.69, 9.17) is 5.11 Å². The van der Waals surface area contributed by atoms with Gasteiger partial charge in [0.25, 0.3) is 0 Å². The van der Waals surface area contributed by atoms with Crippen LogP contribution in [-0.2, 0) is 33.4 Å². The standard InChI is InChI=1S/C9H12O8/c1-15-7(12)4(6(10)11)5(8(13)16-2)9(14)17-3/h4-5H,1-3H3,(H,10,11). The van der Waals surface area contributed by atoms with Crippen molar-refractivity contribution in [2.45, 2.75) is 0 Å². The summed E-state index contributed by atoms with van der Waals surface area (Å²) in [5.74, 6) is -9.19. The molecule has 0 saturated heterocycles. The number of carbonyl (C=O) groups is 4. The van der Waals surface area contributed by atoms with Crippen molar-refractivity contribution in [2.24, 2.45) is 11.8 Å². The number of carbonyl (C=O) groups excluding carboxylic acids is 3. The zero-order valence-corrected chi connectivity index (χ0v) is 9.46. The predicted molar refractivity (Wildman–Crippen MR) is 50.7 cm³/mol. The summed E-state index contributed by atoms with van der Waals surface area (Å²) in [6, 6.07) is 0. The van der Waals surface area contributed by atoms with Gasteiger partial charge >= 0.3 is 23.9 Å². The third kappa shape index (κ3) is 3.44. The summed E-state index contributed by atoms with van der Waals surface area (Å²) in [6.07, 6.45) is 0. The maximum absolute atomic E-state index is 11.3. The van der Waals surface area contributed by atoms with Crippen molar-refractivity contribution in [3.8, 4) is 0 Å². The number of carboxylic acid groups (broad SMARTS) is 1. The van der Waals surface area contributed by atoms with Gasteiger partial charge in [-0.3, -0.25) is 19.2 Å². The summed E-state index contributed by atoms with van der Waals surface area (Å²) in [6.45, 7) is 0. The van der Waals surface area contributed by atoms with Crippen LogP contribution in [0.15, 0.2) is 0 Å². The number of hydrogen-bond donors (Lipinski definition) is 1. The normalized spacial score (nSPS) is 11.5. The van der Waals surface area contributed by atoms with Crippen LogP contribution in [0.5, 0.6) is 0 Å². The number of esters is 3. The summed E-state index contributed by atoms with van der Waals surface area (Å²) < 4.78 is 12.7. The summed E-state index contributed by atoms with van der Waals surface area (Å²) in [5, 5.41) is 8.82. The minimum atomic E-state index is -2.00. The molecule has 0 amide bonds. The van der Waals surface area contributed by atoms with Gasteiger partial charge in [-0.05, 0) is 0 Å². The number of aliphatic carboxylic acids is 1. The van der Waals surface area contributed by atoms with Gasteiger partial charge in [-0.1, -0.05) is 0 Å². The largest absolute Gasteiger partial charge is 0.481 e. The molecule has 0 spiro atoms. The molecule has 0 aliphatic rings. The molecule has 17 heavy (non-hydrogen) atoms. The maximum atomic E-state index is 11.3. The first-order valence-electron chi connectivity index (χ1n) is 4.37. The van der Waals surface area contributed by atoms with Crippen molar-refractivity contribution in [1.82, 2.24) is 0 Å². The van der Waals surface area contributed by atoms with Crippen LogP contribution < -0.4 is 0 Å². The van der Waals surface area contributed by atoms with E-state index in [1.807, 2.05) is 0 Å². The monoisotopic (exact) mass is 248 g/mol. The number of ether oxygens (including phenoxy) is 3. The first-order valence-corrected chi connectivity index (χ1v) is 4.37. The fourth-order valence-electron chi connectivity index (χ4n) is 1.13. The van der Waals surface area contributed by atoms with E-state index in [0.717, 1.165) is 21.3 Å². The van der Waals surface area contributed by atoms with Crippen LogP contribution in [0.2, 0.25) is 0 Å². The van der Waals surface area contributed by atoms with E-state index < -0.39 is 35.7 Å². The van der Waals surface area contributed by atoms with E-state index in [1.165, 1.54) is 0 Å². The van der Waals surface area contributed by atoms with E-state index in [2.05, 4.69) is 14.2 Å². The predicted octanol–water partition coefficient (Wildman–Crippen LogP) is -1.18. The van der Waals surface area contributed by atoms with Gasteiger partial charge in [0.1, 0.15) is 0 Å². The lowest BCUT2D eigenvalue weighted by molar-refractivity contribution is -0.175. The fourth-order valence-corrected chi connectivity index (χ4v) is 1.13. The summed E-state index contributed by atoms with van der Waals surface area (Å²) in [5.41, 5.74) is 0. The van der Waals surface area contributed by atoms with Gasteiger partial charge < -0.3 is 19.3 Å². The van der Waals surface area contributed by atoms with Crippen LogP contribution >= 0.6 is 0 Å². The molecule has 1 atom stereocenters. The summed E-state index contributed by atoms with van der Waals surface area (Å²) in [4.78, 5) is 44.7. The number of carboxylic acids is 1. The van der Waals surface area contributed by atoms with Crippen LogP contribution in [-0.4, -0.2) is 50.3 Å². The first kappa shape index (κ1) is 14.9. The van der Waals surface area contributed by atoms with E-state index in [-0.39, 0.29) is 0 Å². The summed E-state index contributed by atoms with van der Waals surface area (Å²) in [7, 11) is 2.84. The Kier molecular flexibility index (Phi) is 5.65. The molecule has 0 heterocycles. The van der Waals surface area contributed by atoms with Crippen molar-refractivity contribution in [1.29, 1.82) is 0 Å². The molecule has 0 radical (unpaired) electrons. The molecule has 96 valence electrons. The number of rotatable bonds is 5. The van der Waals surface area contributed by atoms with Crippen LogP contribution in [0.4, 0.5) is 0 Å². The van der Waals surface area contributed by atoms with Gasteiger partial charge in [-0.25, -0.2) is 0 Å². The molecule has 8 heteroatoms. The molecule has 0 aliphatic heterocycles. The Hall–Kier alpha value is -2.12. The molecule has 0 aromatic rings. The SMILES string of the molecule is COC(=O)C(C(=O)O)C(C(=O)OC)C(=O)OC. The highest BCUT2D eigenvalue weighted by atomic mass is 16.5. The zero-order valence-electron chi connectivity index (χ0n) is 9.46. The molecule has 8 nitrogen and oxygen atoms in total. The maximum Gasteiger partial charge on any atom is 0.321 e. The Morgan fingerprint density at radius 1 is 0.765 bits per heavy atom. The molecule has 0 aromatic carbocycles. The fraction of sp³-hybridized carbons (Fsp3) is 0.556. The minimum Gasteiger partial charge on any atom is -0.481 e. The second-order valence-electron chi connectivity index (χ2n) is 2.86. The Morgan fingerprint density at radius 3 is 1.29 bits per heavy atom. The van der Waals surface area contributed by atoms with Crippen molar-refractivity contribution < 1.29 is 38.5 Å². The van der Waals surface area contributed by atoms with Crippen molar-refractivity contribution in [3.05, 3.63) is 0 Å². The lowest BCUT2D eigenvalue weighted by atomic mass is 9.92. The average molecular weight is 248 g/mol. The highest BCUT2D eigenvalue weighted by Crippen LogP contribution is 2.18. The van der Waals surface area contributed by atoms with Crippen molar-refractivity contribution in [2.75, 3.05) is 21.3 Å². The molecule has 0 rings (SSSR count). The van der Waals surface area contributed by atoms with Crippen molar-refractivity contribution in [3.63, 3.8) is 0 Å². The molecule has 0 fully saturated rings. The smallest absolute Gasteiger partial charge is 0.321 e. The lowest BCUT2D eigenvalue weighted by Gasteiger charge is -2.17. The topological polar surface area (TPSA) is 116 Å². The minimum absolute atomic E-state index is 0.934. The number of hydrogen-bond acceptors (Lipinski definition) is 7.